The third-order valence-corrected chi connectivity index (χ3v) is 7.73. The molecule has 1 aromatic rings. The molecule has 0 spiro atoms. The van der Waals surface area contributed by atoms with E-state index in [2.05, 4.69) is 11.3 Å². The first kappa shape index (κ1) is 29.1. The number of benzene rings is 1. The molecule has 3 atom stereocenters. The van der Waals surface area contributed by atoms with Gasteiger partial charge in [-0.05, 0) is 72.8 Å². The standard InChI is InChI=1S/C25H38Cl2N2O4S/c1-8-14-32-21-16-20(27)19(26)15-18(21)22(28-34(31)25(5,6)7)17-10-9-12-29(13-11-17)23(30)33-24(2,3)4/h8,15-17,22,28H,1,9-14H2,2-7H3. The Morgan fingerprint density at radius 3 is 2.47 bits per heavy atom. The average Bonchev–Trinajstić information content (AvgIpc) is 2.97. The van der Waals surface area contributed by atoms with Crippen molar-refractivity contribution in [3.63, 3.8) is 0 Å². The lowest BCUT2D eigenvalue weighted by molar-refractivity contribution is 0.0254. The van der Waals surface area contributed by atoms with Crippen LogP contribution in [-0.2, 0) is 16.1 Å². The molecule has 1 N–H and O–H groups in total. The van der Waals surface area contributed by atoms with Gasteiger partial charge in [0.1, 0.15) is 22.7 Å². The normalized spacial score (nSPS) is 19.2. The number of carbonyl (C=O) groups excluding carboxylic acids is 1. The SMILES string of the molecule is C=CCOc1cc(Cl)c(Cl)cc1C(N[S+]([O-])C(C)(C)C)C1CCCN(C(=O)OC(C)(C)C)CC1. The summed E-state index contributed by atoms with van der Waals surface area (Å²) in [5, 5.41) is 0.789. The molecule has 6 nitrogen and oxygen atoms in total. The second-order valence-corrected chi connectivity index (χ2v) is 13.4. The Morgan fingerprint density at radius 2 is 1.88 bits per heavy atom. The number of nitrogens with zero attached hydrogens (tertiary/aromatic N) is 1. The second kappa shape index (κ2) is 12.2. The van der Waals surface area contributed by atoms with E-state index in [1.807, 2.05) is 41.5 Å². The highest BCUT2D eigenvalue weighted by Gasteiger charge is 2.37. The zero-order chi connectivity index (χ0) is 25.7. The molecular formula is C25H38Cl2N2O4S. The van der Waals surface area contributed by atoms with Crippen molar-refractivity contribution >= 4 is 40.7 Å². The van der Waals surface area contributed by atoms with Crippen molar-refractivity contribution in [2.45, 2.75) is 77.2 Å². The third-order valence-electron chi connectivity index (χ3n) is 5.43. The van der Waals surface area contributed by atoms with Gasteiger partial charge >= 0.3 is 6.09 Å². The Hall–Kier alpha value is -1.12. The molecule has 0 aromatic heterocycles. The van der Waals surface area contributed by atoms with Crippen molar-refractivity contribution in [2.75, 3.05) is 19.7 Å². The predicted molar refractivity (Wildman–Crippen MR) is 141 cm³/mol. The molecule has 1 amide bonds. The molecule has 9 heteroatoms. The van der Waals surface area contributed by atoms with E-state index in [-0.39, 0.29) is 18.1 Å². The topological polar surface area (TPSA) is 73.9 Å². The van der Waals surface area contributed by atoms with Gasteiger partial charge in [0.2, 0.25) is 0 Å². The molecule has 0 saturated carbocycles. The van der Waals surface area contributed by atoms with Gasteiger partial charge in [-0.15, -0.1) is 4.72 Å². The summed E-state index contributed by atoms with van der Waals surface area (Å²) >= 11 is 11.4. The van der Waals surface area contributed by atoms with Gasteiger partial charge in [0, 0.05) is 36.1 Å². The quantitative estimate of drug-likeness (QED) is 0.312. The molecule has 1 saturated heterocycles. The maximum atomic E-state index is 13.2. The highest BCUT2D eigenvalue weighted by Crippen LogP contribution is 2.41. The summed E-state index contributed by atoms with van der Waals surface area (Å²) < 4.78 is 27.6. The van der Waals surface area contributed by atoms with Crippen LogP contribution >= 0.6 is 23.2 Å². The highest BCUT2D eigenvalue weighted by molar-refractivity contribution is 7.90. The van der Waals surface area contributed by atoms with Crippen molar-refractivity contribution in [3.05, 3.63) is 40.4 Å². The van der Waals surface area contributed by atoms with Crippen LogP contribution in [0.5, 0.6) is 5.75 Å². The second-order valence-electron chi connectivity index (χ2n) is 10.5. The lowest BCUT2D eigenvalue weighted by Crippen LogP contribution is -2.43. The van der Waals surface area contributed by atoms with Gasteiger partial charge < -0.3 is 18.9 Å². The van der Waals surface area contributed by atoms with Gasteiger partial charge in [-0.3, -0.25) is 0 Å². The monoisotopic (exact) mass is 532 g/mol. The molecule has 2 rings (SSSR count). The summed E-state index contributed by atoms with van der Waals surface area (Å²) in [5.41, 5.74) is 0.248. The number of amides is 1. The van der Waals surface area contributed by atoms with Crippen LogP contribution in [0.1, 0.15) is 72.4 Å². The number of rotatable bonds is 7. The molecule has 34 heavy (non-hydrogen) atoms. The minimum atomic E-state index is -1.34. The molecule has 3 unspecified atom stereocenters. The van der Waals surface area contributed by atoms with E-state index in [9.17, 15) is 9.35 Å². The summed E-state index contributed by atoms with van der Waals surface area (Å²) in [6.45, 7) is 16.6. The van der Waals surface area contributed by atoms with Crippen LogP contribution < -0.4 is 9.46 Å². The van der Waals surface area contributed by atoms with Crippen LogP contribution in [0.3, 0.4) is 0 Å². The van der Waals surface area contributed by atoms with Crippen molar-refractivity contribution in [1.29, 1.82) is 0 Å². The van der Waals surface area contributed by atoms with Crippen molar-refractivity contribution < 1.29 is 18.8 Å². The summed E-state index contributed by atoms with van der Waals surface area (Å²) in [7, 11) is 0. The first-order valence-corrected chi connectivity index (χ1v) is 13.5. The Balaban J connectivity index is 2.38. The van der Waals surface area contributed by atoms with Crippen LogP contribution in [0.2, 0.25) is 10.0 Å². The summed E-state index contributed by atoms with van der Waals surface area (Å²) in [6.07, 6.45) is 3.69. The lowest BCUT2D eigenvalue weighted by atomic mass is 9.87. The highest BCUT2D eigenvalue weighted by atomic mass is 35.5. The number of ether oxygens (including phenoxy) is 2. The average molecular weight is 534 g/mol. The van der Waals surface area contributed by atoms with Gasteiger partial charge in [0.25, 0.3) is 0 Å². The number of likely N-dealkylation sites (tertiary alicyclic amines) is 1. The summed E-state index contributed by atoms with van der Waals surface area (Å²) in [6, 6.07) is 3.17. The van der Waals surface area contributed by atoms with E-state index < -0.39 is 21.7 Å². The van der Waals surface area contributed by atoms with E-state index in [4.69, 9.17) is 32.7 Å². The molecule has 1 aromatic carbocycles. The fourth-order valence-corrected chi connectivity index (χ4v) is 4.96. The van der Waals surface area contributed by atoms with Gasteiger partial charge in [0.15, 0.2) is 0 Å². The molecule has 1 aliphatic rings. The molecular weight excluding hydrogens is 495 g/mol. The smallest absolute Gasteiger partial charge is 0.410 e. The van der Waals surface area contributed by atoms with Crippen molar-refractivity contribution in [1.82, 2.24) is 9.62 Å². The van der Waals surface area contributed by atoms with E-state index in [1.54, 1.807) is 23.1 Å². The Labute approximate surface area is 217 Å². The Morgan fingerprint density at radius 1 is 1.24 bits per heavy atom. The zero-order valence-electron chi connectivity index (χ0n) is 21.1. The number of carbonyl (C=O) groups is 1. The van der Waals surface area contributed by atoms with Crippen LogP contribution in [0.15, 0.2) is 24.8 Å². The maximum absolute atomic E-state index is 13.2. The molecule has 192 valence electrons. The van der Waals surface area contributed by atoms with Crippen molar-refractivity contribution in [3.8, 4) is 5.75 Å². The minimum Gasteiger partial charge on any atom is -0.598 e. The number of nitrogens with one attached hydrogen (secondary N) is 1. The van der Waals surface area contributed by atoms with E-state index in [0.29, 0.717) is 41.9 Å². The number of halogens is 2. The third kappa shape index (κ3) is 8.52. The number of hydrogen-bond donors (Lipinski definition) is 1. The first-order chi connectivity index (χ1) is 15.7. The molecule has 0 aliphatic carbocycles. The minimum absolute atomic E-state index is 0.0852. The van der Waals surface area contributed by atoms with Gasteiger partial charge in [-0.1, -0.05) is 35.9 Å². The van der Waals surface area contributed by atoms with Gasteiger partial charge in [-0.25, -0.2) is 4.79 Å². The summed E-state index contributed by atoms with van der Waals surface area (Å²) in [5.74, 6) is 0.660. The van der Waals surface area contributed by atoms with Crippen LogP contribution in [-0.4, -0.2) is 45.6 Å². The van der Waals surface area contributed by atoms with Crippen LogP contribution in [0.25, 0.3) is 0 Å². The first-order valence-electron chi connectivity index (χ1n) is 11.6. The predicted octanol–water partition coefficient (Wildman–Crippen LogP) is 6.69. The molecule has 0 radical (unpaired) electrons. The molecule has 1 heterocycles. The fourth-order valence-electron chi connectivity index (χ4n) is 3.73. The van der Waals surface area contributed by atoms with Gasteiger partial charge in [0.05, 0.1) is 16.1 Å². The van der Waals surface area contributed by atoms with E-state index >= 15 is 0 Å². The molecule has 0 bridgehead atoms. The Bertz CT molecular complexity index is 855. The van der Waals surface area contributed by atoms with Crippen LogP contribution in [0, 0.1) is 5.92 Å². The largest absolute Gasteiger partial charge is 0.598 e. The van der Waals surface area contributed by atoms with Gasteiger partial charge in [-0.2, -0.15) is 0 Å². The molecule has 1 fully saturated rings. The van der Waals surface area contributed by atoms with E-state index in [0.717, 1.165) is 18.4 Å². The fraction of sp³-hybridized carbons (Fsp3) is 0.640. The Kier molecular flexibility index (Phi) is 10.5. The van der Waals surface area contributed by atoms with Crippen LogP contribution in [0.4, 0.5) is 4.79 Å². The maximum Gasteiger partial charge on any atom is 0.410 e. The lowest BCUT2D eigenvalue weighted by Gasteiger charge is -2.33. The van der Waals surface area contributed by atoms with Crippen molar-refractivity contribution in [2.24, 2.45) is 5.92 Å². The van der Waals surface area contributed by atoms with E-state index in [1.165, 1.54) is 0 Å². The zero-order valence-corrected chi connectivity index (χ0v) is 23.4. The molecule has 1 aliphatic heterocycles. The number of hydrogen-bond acceptors (Lipinski definition) is 5. The summed E-state index contributed by atoms with van der Waals surface area (Å²) in [4.78, 5) is 14.4.